The predicted octanol–water partition coefficient (Wildman–Crippen LogP) is 4.08. The molecule has 0 N–H and O–H groups in total. The summed E-state index contributed by atoms with van der Waals surface area (Å²) in [6.45, 7) is 4.53. The Morgan fingerprint density at radius 2 is 1.95 bits per heavy atom. The van der Waals surface area contributed by atoms with E-state index in [4.69, 9.17) is 16.3 Å². The van der Waals surface area contributed by atoms with Crippen LogP contribution in [0.3, 0.4) is 0 Å². The maximum Gasteiger partial charge on any atom is 0.264 e. The zero-order chi connectivity index (χ0) is 15.2. The van der Waals surface area contributed by atoms with Crippen LogP contribution in [0, 0.1) is 6.92 Å². The number of ether oxygens (including phenoxy) is 1. The summed E-state index contributed by atoms with van der Waals surface area (Å²) < 4.78 is 5.51. The number of halogens is 1. The number of amides is 1. The van der Waals surface area contributed by atoms with Crippen molar-refractivity contribution >= 4 is 23.2 Å². The van der Waals surface area contributed by atoms with Gasteiger partial charge in [-0.25, -0.2) is 0 Å². The monoisotopic (exact) mass is 303 g/mol. The highest BCUT2D eigenvalue weighted by molar-refractivity contribution is 6.30. The zero-order valence-corrected chi connectivity index (χ0v) is 12.9. The number of anilines is 1. The first-order valence-electron chi connectivity index (χ1n) is 6.85. The number of likely N-dealkylation sites (N-methyl/N-ethyl adjacent to an activating group) is 1. The van der Waals surface area contributed by atoms with Gasteiger partial charge in [-0.3, -0.25) is 4.79 Å². The molecular weight excluding hydrogens is 286 g/mol. The largest absolute Gasteiger partial charge is 0.484 e. The van der Waals surface area contributed by atoms with Crippen molar-refractivity contribution in [3.8, 4) is 5.75 Å². The van der Waals surface area contributed by atoms with Crippen molar-refractivity contribution in [3.05, 3.63) is 59.1 Å². The van der Waals surface area contributed by atoms with Gasteiger partial charge in [-0.1, -0.05) is 29.8 Å². The first-order chi connectivity index (χ1) is 10.1. The Morgan fingerprint density at radius 1 is 1.19 bits per heavy atom. The van der Waals surface area contributed by atoms with Gasteiger partial charge in [0.15, 0.2) is 6.61 Å². The number of aryl methyl sites for hydroxylation is 1. The molecule has 0 aliphatic rings. The van der Waals surface area contributed by atoms with Crippen LogP contribution < -0.4 is 9.64 Å². The molecule has 2 aromatic rings. The van der Waals surface area contributed by atoms with E-state index in [9.17, 15) is 4.79 Å². The highest BCUT2D eigenvalue weighted by atomic mass is 35.5. The fraction of sp³-hybridized carbons (Fsp3) is 0.235. The second kappa shape index (κ2) is 7.14. The Labute approximate surface area is 130 Å². The van der Waals surface area contributed by atoms with Crippen LogP contribution in [-0.2, 0) is 4.79 Å². The van der Waals surface area contributed by atoms with Crippen LogP contribution in [0.4, 0.5) is 5.69 Å². The number of hydrogen-bond acceptors (Lipinski definition) is 2. The van der Waals surface area contributed by atoms with Crippen molar-refractivity contribution in [1.82, 2.24) is 0 Å². The van der Waals surface area contributed by atoms with Gasteiger partial charge in [0.1, 0.15) is 5.75 Å². The average Bonchev–Trinajstić information content (AvgIpc) is 2.46. The summed E-state index contributed by atoms with van der Waals surface area (Å²) in [5.41, 5.74) is 2.01. The topological polar surface area (TPSA) is 29.5 Å². The zero-order valence-electron chi connectivity index (χ0n) is 12.2. The number of hydrogen-bond donors (Lipinski definition) is 0. The summed E-state index contributed by atoms with van der Waals surface area (Å²) in [6, 6.07) is 14.9. The molecule has 0 aliphatic carbocycles. The molecule has 0 saturated heterocycles. The number of carbonyl (C=O) groups is 1. The number of carbonyl (C=O) groups excluding carboxylic acids is 1. The van der Waals surface area contributed by atoms with Gasteiger partial charge in [-0.2, -0.15) is 0 Å². The van der Waals surface area contributed by atoms with Crippen molar-refractivity contribution in [3.63, 3.8) is 0 Å². The van der Waals surface area contributed by atoms with E-state index in [1.807, 2.05) is 38.1 Å². The van der Waals surface area contributed by atoms with Crippen LogP contribution in [0.2, 0.25) is 5.02 Å². The normalized spacial score (nSPS) is 10.2. The second-order valence-corrected chi connectivity index (χ2v) is 5.16. The van der Waals surface area contributed by atoms with E-state index in [1.54, 1.807) is 29.2 Å². The second-order valence-electron chi connectivity index (χ2n) is 4.72. The molecule has 2 rings (SSSR count). The lowest BCUT2D eigenvalue weighted by molar-refractivity contribution is -0.120. The van der Waals surface area contributed by atoms with E-state index in [-0.39, 0.29) is 12.5 Å². The summed E-state index contributed by atoms with van der Waals surface area (Å²) in [5.74, 6) is 0.513. The quantitative estimate of drug-likeness (QED) is 0.833. The van der Waals surface area contributed by atoms with Crippen molar-refractivity contribution in [1.29, 1.82) is 0 Å². The summed E-state index contributed by atoms with van der Waals surface area (Å²) in [6.07, 6.45) is 0. The molecule has 0 spiro atoms. The third-order valence-electron chi connectivity index (χ3n) is 3.09. The SMILES string of the molecule is CCN(C(=O)COc1cccc(Cl)c1)c1cccc(C)c1. The number of rotatable bonds is 5. The van der Waals surface area contributed by atoms with Crippen molar-refractivity contribution < 1.29 is 9.53 Å². The number of benzene rings is 2. The van der Waals surface area contributed by atoms with E-state index >= 15 is 0 Å². The molecule has 110 valence electrons. The molecule has 3 nitrogen and oxygen atoms in total. The van der Waals surface area contributed by atoms with Gasteiger partial charge in [0.2, 0.25) is 0 Å². The average molecular weight is 304 g/mol. The van der Waals surface area contributed by atoms with Crippen LogP contribution in [0.1, 0.15) is 12.5 Å². The van der Waals surface area contributed by atoms with Crippen LogP contribution >= 0.6 is 11.6 Å². The molecule has 1 amide bonds. The van der Waals surface area contributed by atoms with Gasteiger partial charge in [0.05, 0.1) is 0 Å². The van der Waals surface area contributed by atoms with Gasteiger partial charge >= 0.3 is 0 Å². The van der Waals surface area contributed by atoms with E-state index in [2.05, 4.69) is 0 Å². The first kappa shape index (κ1) is 15.4. The molecule has 2 aromatic carbocycles. The van der Waals surface area contributed by atoms with E-state index in [0.29, 0.717) is 17.3 Å². The maximum atomic E-state index is 12.3. The summed E-state index contributed by atoms with van der Waals surface area (Å²) in [4.78, 5) is 14.0. The third kappa shape index (κ3) is 4.23. The van der Waals surface area contributed by atoms with Gasteiger partial charge in [-0.15, -0.1) is 0 Å². The van der Waals surface area contributed by atoms with Gasteiger partial charge in [0, 0.05) is 17.3 Å². The highest BCUT2D eigenvalue weighted by Gasteiger charge is 2.14. The molecule has 21 heavy (non-hydrogen) atoms. The van der Waals surface area contributed by atoms with Crippen LogP contribution in [-0.4, -0.2) is 19.1 Å². The summed E-state index contributed by atoms with van der Waals surface area (Å²) >= 11 is 5.89. The Hall–Kier alpha value is -2.00. The van der Waals surface area contributed by atoms with E-state index in [1.165, 1.54) is 0 Å². The van der Waals surface area contributed by atoms with Crippen molar-refractivity contribution in [2.75, 3.05) is 18.1 Å². The molecule has 0 aliphatic heterocycles. The van der Waals surface area contributed by atoms with E-state index < -0.39 is 0 Å². The third-order valence-corrected chi connectivity index (χ3v) is 3.32. The number of nitrogens with zero attached hydrogens (tertiary/aromatic N) is 1. The fourth-order valence-corrected chi connectivity index (χ4v) is 2.26. The highest BCUT2D eigenvalue weighted by Crippen LogP contribution is 2.19. The summed E-state index contributed by atoms with van der Waals surface area (Å²) in [5, 5.41) is 0.589. The smallest absolute Gasteiger partial charge is 0.264 e. The lowest BCUT2D eigenvalue weighted by Gasteiger charge is -2.21. The molecule has 0 radical (unpaired) electrons. The molecule has 0 atom stereocenters. The summed E-state index contributed by atoms with van der Waals surface area (Å²) in [7, 11) is 0. The lowest BCUT2D eigenvalue weighted by atomic mass is 10.2. The van der Waals surface area contributed by atoms with Crippen molar-refractivity contribution in [2.45, 2.75) is 13.8 Å². The Balaban J connectivity index is 2.04. The molecule has 0 bridgehead atoms. The Bertz CT molecular complexity index is 628. The van der Waals surface area contributed by atoms with Crippen molar-refractivity contribution in [2.24, 2.45) is 0 Å². The van der Waals surface area contributed by atoms with Gasteiger partial charge < -0.3 is 9.64 Å². The fourth-order valence-electron chi connectivity index (χ4n) is 2.08. The minimum absolute atomic E-state index is 0.0118. The maximum absolute atomic E-state index is 12.3. The lowest BCUT2D eigenvalue weighted by Crippen LogP contribution is -2.34. The Morgan fingerprint density at radius 3 is 2.62 bits per heavy atom. The van der Waals surface area contributed by atoms with Crippen LogP contribution in [0.5, 0.6) is 5.75 Å². The predicted molar refractivity (Wildman–Crippen MR) is 86.2 cm³/mol. The van der Waals surface area contributed by atoms with Crippen LogP contribution in [0.25, 0.3) is 0 Å². The van der Waals surface area contributed by atoms with Crippen LogP contribution in [0.15, 0.2) is 48.5 Å². The molecular formula is C17H18ClNO2. The molecule has 0 aromatic heterocycles. The standard InChI is InChI=1S/C17H18ClNO2/c1-3-19(15-8-4-6-13(2)10-15)17(20)12-21-16-9-5-7-14(18)11-16/h4-11H,3,12H2,1-2H3. The molecule has 0 fully saturated rings. The molecule has 0 heterocycles. The first-order valence-corrected chi connectivity index (χ1v) is 7.23. The van der Waals surface area contributed by atoms with E-state index in [0.717, 1.165) is 11.3 Å². The molecule has 0 saturated carbocycles. The minimum atomic E-state index is -0.0805. The minimum Gasteiger partial charge on any atom is -0.484 e. The Kier molecular flexibility index (Phi) is 5.23. The van der Waals surface area contributed by atoms with Gasteiger partial charge in [-0.05, 0) is 49.7 Å². The molecule has 0 unspecified atom stereocenters. The van der Waals surface area contributed by atoms with Gasteiger partial charge in [0.25, 0.3) is 5.91 Å². The molecule has 4 heteroatoms.